The van der Waals surface area contributed by atoms with Crippen LogP contribution in [0.1, 0.15) is 5.56 Å². The van der Waals surface area contributed by atoms with Crippen LogP contribution >= 0.6 is 11.3 Å². The highest BCUT2D eigenvalue weighted by Gasteiger charge is 2.20. The lowest BCUT2D eigenvalue weighted by Crippen LogP contribution is -2.27. The maximum atomic E-state index is 4.59. The topological polar surface area (TPSA) is 15.6 Å². The molecule has 3 heteroatoms. The Morgan fingerprint density at radius 1 is 1.06 bits per heavy atom. The van der Waals surface area contributed by atoms with E-state index in [0.717, 1.165) is 18.9 Å². The molecule has 0 spiro atoms. The second kappa shape index (κ2) is 4.10. The lowest BCUT2D eigenvalue weighted by molar-refractivity contribution is 1.03. The number of thiophene rings is 1. The smallest absolute Gasteiger partial charge is 0.136 e. The maximum absolute atomic E-state index is 4.59. The molecule has 1 aromatic heterocycles. The van der Waals surface area contributed by atoms with Crippen molar-refractivity contribution in [3.63, 3.8) is 0 Å². The van der Waals surface area contributed by atoms with Crippen LogP contribution in [0.4, 0.5) is 5.00 Å². The van der Waals surface area contributed by atoms with Gasteiger partial charge >= 0.3 is 0 Å². The zero-order valence-corrected chi connectivity index (χ0v) is 9.65. The first-order valence-electron chi connectivity index (χ1n) is 5.36. The number of anilines is 1. The normalized spacial score (nSPS) is 15.2. The Balaban J connectivity index is 1.96. The van der Waals surface area contributed by atoms with Crippen molar-refractivity contribution in [3.05, 3.63) is 53.4 Å². The Hall–Kier alpha value is -1.61. The summed E-state index contributed by atoms with van der Waals surface area (Å²) in [4.78, 5) is 6.88. The Bertz CT molecular complexity index is 488. The summed E-state index contributed by atoms with van der Waals surface area (Å²) >= 11 is 1.76. The van der Waals surface area contributed by atoms with Crippen LogP contribution < -0.4 is 4.90 Å². The summed E-state index contributed by atoms with van der Waals surface area (Å²) in [6.45, 7) is 1.88. The van der Waals surface area contributed by atoms with E-state index in [9.17, 15) is 0 Å². The van der Waals surface area contributed by atoms with Gasteiger partial charge in [0.25, 0.3) is 0 Å². The van der Waals surface area contributed by atoms with E-state index < -0.39 is 0 Å². The van der Waals surface area contributed by atoms with E-state index in [2.05, 4.69) is 51.7 Å². The summed E-state index contributed by atoms with van der Waals surface area (Å²) in [6.07, 6.45) is 0. The molecule has 2 aromatic rings. The van der Waals surface area contributed by atoms with Crippen LogP contribution in [-0.2, 0) is 0 Å². The molecule has 0 amide bonds. The van der Waals surface area contributed by atoms with Crippen molar-refractivity contribution < 1.29 is 0 Å². The number of hydrogen-bond acceptors (Lipinski definition) is 3. The Morgan fingerprint density at radius 2 is 1.94 bits per heavy atom. The van der Waals surface area contributed by atoms with Gasteiger partial charge in [-0.1, -0.05) is 30.3 Å². The van der Waals surface area contributed by atoms with E-state index in [-0.39, 0.29) is 0 Å². The van der Waals surface area contributed by atoms with Crippen molar-refractivity contribution in [2.24, 2.45) is 4.99 Å². The van der Waals surface area contributed by atoms with Crippen LogP contribution in [-0.4, -0.2) is 18.9 Å². The molecular formula is C13H12N2S. The molecule has 0 saturated heterocycles. The number of amidine groups is 1. The minimum atomic E-state index is 0.891. The van der Waals surface area contributed by atoms with E-state index >= 15 is 0 Å². The number of rotatable bonds is 2. The third-order valence-electron chi connectivity index (χ3n) is 2.65. The molecule has 0 saturated carbocycles. The zero-order valence-electron chi connectivity index (χ0n) is 8.84. The van der Waals surface area contributed by atoms with Gasteiger partial charge in [-0.15, -0.1) is 11.3 Å². The largest absolute Gasteiger partial charge is 0.316 e. The van der Waals surface area contributed by atoms with Crippen molar-refractivity contribution in [3.8, 4) is 0 Å². The van der Waals surface area contributed by atoms with Crippen LogP contribution in [0, 0.1) is 0 Å². The van der Waals surface area contributed by atoms with Gasteiger partial charge in [0.15, 0.2) is 0 Å². The quantitative estimate of drug-likeness (QED) is 0.771. The highest BCUT2D eigenvalue weighted by molar-refractivity contribution is 7.14. The fraction of sp³-hybridized carbons (Fsp3) is 0.154. The highest BCUT2D eigenvalue weighted by Crippen LogP contribution is 2.25. The average molecular weight is 228 g/mol. The average Bonchev–Trinajstić information content (AvgIpc) is 3.01. The van der Waals surface area contributed by atoms with Gasteiger partial charge < -0.3 is 4.90 Å². The summed E-state index contributed by atoms with van der Waals surface area (Å²) < 4.78 is 0. The molecule has 2 heterocycles. The number of benzene rings is 1. The van der Waals surface area contributed by atoms with E-state index in [1.165, 1.54) is 10.6 Å². The molecule has 80 valence electrons. The van der Waals surface area contributed by atoms with Gasteiger partial charge in [-0.3, -0.25) is 4.99 Å². The molecule has 16 heavy (non-hydrogen) atoms. The minimum Gasteiger partial charge on any atom is -0.316 e. The van der Waals surface area contributed by atoms with Gasteiger partial charge in [-0.05, 0) is 17.5 Å². The molecule has 1 aliphatic rings. The van der Waals surface area contributed by atoms with E-state index in [0.29, 0.717) is 0 Å². The number of hydrogen-bond donors (Lipinski definition) is 0. The minimum absolute atomic E-state index is 0.891. The molecule has 0 atom stereocenters. The molecule has 0 fully saturated rings. The molecule has 0 N–H and O–H groups in total. The standard InChI is InChI=1S/C13H12N2S/c1-2-5-11(6-3-1)13-14-8-9-15(13)12-7-4-10-16-12/h1-7,10H,8-9H2. The maximum Gasteiger partial charge on any atom is 0.136 e. The Morgan fingerprint density at radius 3 is 2.69 bits per heavy atom. The van der Waals surface area contributed by atoms with Crippen LogP contribution in [0.3, 0.4) is 0 Å². The number of nitrogens with zero attached hydrogens (tertiary/aromatic N) is 2. The van der Waals surface area contributed by atoms with Crippen LogP contribution in [0.2, 0.25) is 0 Å². The van der Waals surface area contributed by atoms with Crippen molar-refractivity contribution in [2.45, 2.75) is 0 Å². The molecule has 0 unspecified atom stereocenters. The summed E-state index contributed by atoms with van der Waals surface area (Å²) in [7, 11) is 0. The van der Waals surface area contributed by atoms with Crippen LogP contribution in [0.5, 0.6) is 0 Å². The zero-order chi connectivity index (χ0) is 10.8. The molecule has 2 nitrogen and oxygen atoms in total. The first-order valence-corrected chi connectivity index (χ1v) is 6.24. The molecule has 0 bridgehead atoms. The summed E-state index contributed by atoms with van der Waals surface area (Å²) in [5.41, 5.74) is 1.20. The SMILES string of the molecule is c1ccc(C2=NCCN2c2cccs2)cc1. The first-order chi connectivity index (χ1) is 7.95. The molecule has 1 aromatic carbocycles. The van der Waals surface area contributed by atoms with Gasteiger partial charge in [0, 0.05) is 12.1 Å². The third kappa shape index (κ3) is 1.63. The van der Waals surface area contributed by atoms with Gasteiger partial charge in [-0.2, -0.15) is 0 Å². The fourth-order valence-electron chi connectivity index (χ4n) is 1.92. The fourth-order valence-corrected chi connectivity index (χ4v) is 2.68. The van der Waals surface area contributed by atoms with E-state index in [1.807, 2.05) is 6.07 Å². The molecule has 0 aliphatic carbocycles. The van der Waals surface area contributed by atoms with Crippen LogP contribution in [0.25, 0.3) is 0 Å². The second-order valence-electron chi connectivity index (χ2n) is 3.67. The molecule has 0 radical (unpaired) electrons. The highest BCUT2D eigenvalue weighted by atomic mass is 32.1. The van der Waals surface area contributed by atoms with E-state index in [1.54, 1.807) is 11.3 Å². The van der Waals surface area contributed by atoms with E-state index in [4.69, 9.17) is 0 Å². The predicted molar refractivity (Wildman–Crippen MR) is 69.5 cm³/mol. The number of aliphatic imine (C=N–C) groups is 1. The molecular weight excluding hydrogens is 216 g/mol. The van der Waals surface area contributed by atoms with Gasteiger partial charge in [0.1, 0.15) is 5.84 Å². The van der Waals surface area contributed by atoms with Crippen molar-refractivity contribution in [1.82, 2.24) is 0 Å². The monoisotopic (exact) mass is 228 g/mol. The van der Waals surface area contributed by atoms with Crippen molar-refractivity contribution >= 4 is 22.2 Å². The van der Waals surface area contributed by atoms with Crippen LogP contribution in [0.15, 0.2) is 52.8 Å². The predicted octanol–water partition coefficient (Wildman–Crippen LogP) is 3.01. The Labute approximate surface area is 98.9 Å². The van der Waals surface area contributed by atoms with Crippen molar-refractivity contribution in [1.29, 1.82) is 0 Å². The summed E-state index contributed by atoms with van der Waals surface area (Å²) in [6, 6.07) is 14.6. The Kier molecular flexibility index (Phi) is 2.46. The lowest BCUT2D eigenvalue weighted by Gasteiger charge is -2.18. The lowest BCUT2D eigenvalue weighted by atomic mass is 10.2. The third-order valence-corrected chi connectivity index (χ3v) is 3.54. The molecule has 3 rings (SSSR count). The van der Waals surface area contributed by atoms with Gasteiger partial charge in [0.05, 0.1) is 11.5 Å². The molecule has 1 aliphatic heterocycles. The summed E-state index contributed by atoms with van der Waals surface area (Å²) in [5.74, 6) is 1.10. The summed E-state index contributed by atoms with van der Waals surface area (Å²) in [5, 5.41) is 3.39. The van der Waals surface area contributed by atoms with Crippen molar-refractivity contribution in [2.75, 3.05) is 18.0 Å². The first kappa shape index (κ1) is 9.60. The second-order valence-corrected chi connectivity index (χ2v) is 4.60. The van der Waals surface area contributed by atoms with Gasteiger partial charge in [0.2, 0.25) is 0 Å². The van der Waals surface area contributed by atoms with Gasteiger partial charge in [-0.25, -0.2) is 0 Å².